The summed E-state index contributed by atoms with van der Waals surface area (Å²) in [6.45, 7) is 4.02. The lowest BCUT2D eigenvalue weighted by Crippen LogP contribution is -2.46. The zero-order chi connectivity index (χ0) is 27.0. The number of rotatable bonds is 11. The minimum atomic E-state index is -3.33. The summed E-state index contributed by atoms with van der Waals surface area (Å²) < 4.78 is 24.0. The zero-order valence-electron chi connectivity index (χ0n) is 21.6. The quantitative estimate of drug-likeness (QED) is 0.258. The van der Waals surface area contributed by atoms with Gasteiger partial charge in [-0.05, 0) is 65.1 Å². The number of hydrogen-bond acceptors (Lipinski definition) is 6. The Balaban J connectivity index is 1.98. The Morgan fingerprint density at radius 3 is 1.89 bits per heavy atom. The number of nitrogens with one attached hydrogen (secondary N) is 2. The van der Waals surface area contributed by atoms with Crippen LogP contribution in [-0.2, 0) is 14.6 Å². The monoisotopic (exact) mass is 535 g/mol. The molecule has 0 aliphatic heterocycles. The van der Waals surface area contributed by atoms with Crippen LogP contribution in [0.5, 0.6) is 0 Å². The Kier molecular flexibility index (Phi) is 9.93. The Bertz CT molecular complexity index is 1330. The first-order chi connectivity index (χ1) is 17.6. The van der Waals surface area contributed by atoms with Crippen molar-refractivity contribution in [1.82, 2.24) is 10.6 Å². The summed E-state index contributed by atoms with van der Waals surface area (Å²) in [5, 5.41) is 15.1. The summed E-state index contributed by atoms with van der Waals surface area (Å²) >= 11 is 1.70. The van der Waals surface area contributed by atoms with Crippen LogP contribution in [0.1, 0.15) is 37.4 Å². The number of amides is 1. The van der Waals surface area contributed by atoms with Gasteiger partial charge < -0.3 is 5.32 Å². The van der Waals surface area contributed by atoms with E-state index < -0.39 is 15.9 Å². The number of thioether (sulfide) groups is 1. The second-order valence-electron chi connectivity index (χ2n) is 9.35. The number of sulfone groups is 1. The molecular weight excluding hydrogens is 502 g/mol. The maximum atomic E-state index is 12.9. The third-order valence-corrected chi connectivity index (χ3v) is 7.91. The standard InChI is InChI=1S/C29H33N3O3S2/c1-20(2)19-27(29(33)31-18-17-30)32-28(24-11-15-26(16-12-24)37(4,34)35)23-7-5-21(6-8-23)22-9-13-25(36-3)14-10-22/h5-16,20,27-28,32H,18-19H2,1-4H3,(H,31,33)/t27-,28?/m0/s1. The Morgan fingerprint density at radius 1 is 0.919 bits per heavy atom. The van der Waals surface area contributed by atoms with Gasteiger partial charge in [0.05, 0.1) is 23.0 Å². The third kappa shape index (κ3) is 7.93. The maximum absolute atomic E-state index is 12.9. The van der Waals surface area contributed by atoms with Gasteiger partial charge in [-0.25, -0.2) is 8.42 Å². The van der Waals surface area contributed by atoms with Crippen LogP contribution in [0.2, 0.25) is 0 Å². The van der Waals surface area contributed by atoms with Crippen molar-refractivity contribution in [2.45, 2.75) is 42.1 Å². The van der Waals surface area contributed by atoms with E-state index >= 15 is 0 Å². The van der Waals surface area contributed by atoms with Crippen molar-refractivity contribution in [3.8, 4) is 17.2 Å². The van der Waals surface area contributed by atoms with E-state index in [1.165, 1.54) is 11.2 Å². The average Bonchev–Trinajstić information content (AvgIpc) is 2.89. The molecule has 6 nitrogen and oxygen atoms in total. The number of carbonyl (C=O) groups is 1. The molecule has 0 aromatic heterocycles. The second-order valence-corrected chi connectivity index (χ2v) is 12.2. The van der Waals surface area contributed by atoms with Crippen molar-refractivity contribution in [2.24, 2.45) is 5.92 Å². The normalized spacial score (nSPS) is 13.1. The van der Waals surface area contributed by atoms with Crippen LogP contribution < -0.4 is 10.6 Å². The molecule has 0 aliphatic carbocycles. The van der Waals surface area contributed by atoms with Crippen molar-refractivity contribution in [3.05, 3.63) is 83.9 Å². The number of carbonyl (C=O) groups excluding carboxylic acids is 1. The highest BCUT2D eigenvalue weighted by Gasteiger charge is 2.25. The number of nitrogens with zero attached hydrogens (tertiary/aromatic N) is 1. The molecule has 2 N–H and O–H groups in total. The molecule has 1 amide bonds. The first-order valence-corrected chi connectivity index (χ1v) is 15.2. The van der Waals surface area contributed by atoms with Gasteiger partial charge in [0.1, 0.15) is 6.54 Å². The van der Waals surface area contributed by atoms with Crippen molar-refractivity contribution in [2.75, 3.05) is 19.1 Å². The van der Waals surface area contributed by atoms with Crippen LogP contribution >= 0.6 is 11.8 Å². The van der Waals surface area contributed by atoms with Crippen molar-refractivity contribution < 1.29 is 13.2 Å². The second kappa shape index (κ2) is 12.9. The molecule has 3 rings (SSSR count). The fraction of sp³-hybridized carbons (Fsp3) is 0.310. The van der Waals surface area contributed by atoms with Crippen LogP contribution in [0.3, 0.4) is 0 Å². The third-order valence-electron chi connectivity index (χ3n) is 6.04. The Morgan fingerprint density at radius 2 is 1.43 bits per heavy atom. The predicted octanol–water partition coefficient (Wildman–Crippen LogP) is 5.21. The number of benzene rings is 3. The highest BCUT2D eigenvalue weighted by molar-refractivity contribution is 7.98. The molecule has 0 bridgehead atoms. The lowest BCUT2D eigenvalue weighted by atomic mass is 9.94. The van der Waals surface area contributed by atoms with E-state index in [2.05, 4.69) is 47.0 Å². The average molecular weight is 536 g/mol. The van der Waals surface area contributed by atoms with Gasteiger partial charge in [0.25, 0.3) is 0 Å². The first-order valence-electron chi connectivity index (χ1n) is 12.1. The summed E-state index contributed by atoms with van der Waals surface area (Å²) in [7, 11) is -3.33. The molecule has 37 heavy (non-hydrogen) atoms. The van der Waals surface area contributed by atoms with Gasteiger partial charge in [-0.2, -0.15) is 5.26 Å². The summed E-state index contributed by atoms with van der Waals surface area (Å²) in [6, 6.07) is 24.3. The smallest absolute Gasteiger partial charge is 0.237 e. The van der Waals surface area contributed by atoms with Gasteiger partial charge in [0.2, 0.25) is 5.91 Å². The summed E-state index contributed by atoms with van der Waals surface area (Å²) in [4.78, 5) is 14.3. The fourth-order valence-electron chi connectivity index (χ4n) is 4.12. The van der Waals surface area contributed by atoms with Crippen molar-refractivity contribution in [1.29, 1.82) is 5.26 Å². The van der Waals surface area contributed by atoms with Crippen molar-refractivity contribution >= 4 is 27.5 Å². The van der Waals surface area contributed by atoms with Crippen LogP contribution in [0.4, 0.5) is 0 Å². The molecule has 2 atom stereocenters. The highest BCUT2D eigenvalue weighted by Crippen LogP contribution is 2.29. The Labute approximate surface area is 224 Å². The molecular formula is C29H33N3O3S2. The molecule has 8 heteroatoms. The molecule has 0 saturated heterocycles. The molecule has 1 unspecified atom stereocenters. The van der Waals surface area contributed by atoms with Crippen molar-refractivity contribution in [3.63, 3.8) is 0 Å². The van der Waals surface area contributed by atoms with E-state index in [9.17, 15) is 13.2 Å². The van der Waals surface area contributed by atoms with Gasteiger partial charge in [-0.1, -0.05) is 62.4 Å². The van der Waals surface area contributed by atoms with Gasteiger partial charge in [0, 0.05) is 11.2 Å². The SMILES string of the molecule is CSc1ccc(-c2ccc(C(N[C@@H](CC(C)C)C(=O)NCC#N)c3ccc(S(C)(=O)=O)cc3)cc2)cc1. The molecule has 194 valence electrons. The topological polar surface area (TPSA) is 99.1 Å². The molecule has 0 saturated carbocycles. The maximum Gasteiger partial charge on any atom is 0.237 e. The van der Waals surface area contributed by atoms with E-state index in [0.717, 1.165) is 22.3 Å². The van der Waals surface area contributed by atoms with Crippen LogP contribution in [0, 0.1) is 17.2 Å². The van der Waals surface area contributed by atoms with Gasteiger partial charge in [-0.3, -0.25) is 10.1 Å². The predicted molar refractivity (Wildman–Crippen MR) is 150 cm³/mol. The molecule has 0 spiro atoms. The van der Waals surface area contributed by atoms with Crippen LogP contribution in [-0.4, -0.2) is 39.4 Å². The minimum absolute atomic E-state index is 0.0626. The summed E-state index contributed by atoms with van der Waals surface area (Å²) in [5.74, 6) is 0.00346. The summed E-state index contributed by atoms with van der Waals surface area (Å²) in [5.41, 5.74) is 3.97. The van der Waals surface area contributed by atoms with Gasteiger partial charge in [0.15, 0.2) is 9.84 Å². The zero-order valence-corrected chi connectivity index (χ0v) is 23.2. The number of hydrogen-bond donors (Lipinski definition) is 2. The number of nitriles is 1. The molecule has 0 aliphatic rings. The lowest BCUT2D eigenvalue weighted by Gasteiger charge is -2.27. The van der Waals surface area contributed by atoms with E-state index in [1.54, 1.807) is 36.0 Å². The molecule has 0 heterocycles. The van der Waals surface area contributed by atoms with Gasteiger partial charge in [-0.15, -0.1) is 11.8 Å². The van der Waals surface area contributed by atoms with Crippen LogP contribution in [0.15, 0.2) is 82.6 Å². The highest BCUT2D eigenvalue weighted by atomic mass is 32.2. The lowest BCUT2D eigenvalue weighted by molar-refractivity contribution is -0.123. The Hall–Kier alpha value is -3.12. The van der Waals surface area contributed by atoms with E-state index in [-0.39, 0.29) is 29.3 Å². The largest absolute Gasteiger partial charge is 0.342 e. The van der Waals surface area contributed by atoms with E-state index in [1.807, 2.05) is 38.3 Å². The van der Waals surface area contributed by atoms with E-state index in [4.69, 9.17) is 5.26 Å². The van der Waals surface area contributed by atoms with E-state index in [0.29, 0.717) is 6.42 Å². The molecule has 0 radical (unpaired) electrons. The van der Waals surface area contributed by atoms with Crippen LogP contribution in [0.25, 0.3) is 11.1 Å². The minimum Gasteiger partial charge on any atom is -0.342 e. The molecule has 3 aromatic rings. The first kappa shape index (κ1) is 28.5. The molecule has 3 aromatic carbocycles. The molecule has 0 fully saturated rings. The van der Waals surface area contributed by atoms with Gasteiger partial charge >= 0.3 is 0 Å². The fourth-order valence-corrected chi connectivity index (χ4v) is 5.16. The summed E-state index contributed by atoms with van der Waals surface area (Å²) in [6.07, 6.45) is 3.81.